The molecule has 0 aliphatic rings. The molecule has 0 saturated heterocycles. The average molecular weight is 570 g/mol. The molecule has 5 nitrogen and oxygen atoms in total. The van der Waals surface area contributed by atoms with Crippen LogP contribution in [0, 0.1) is 19.7 Å². The zero-order valence-corrected chi connectivity index (χ0v) is 23.6. The second kappa shape index (κ2) is 12.4. The highest BCUT2D eigenvalue weighted by molar-refractivity contribution is 9.10. The molecule has 3 aromatic rings. The number of hydrogen-bond donors (Lipinski definition) is 1. The van der Waals surface area contributed by atoms with E-state index in [-0.39, 0.29) is 30.8 Å². The summed E-state index contributed by atoms with van der Waals surface area (Å²) in [6.45, 7) is 9.51. The van der Waals surface area contributed by atoms with Crippen molar-refractivity contribution < 1.29 is 18.7 Å². The second-order valence-corrected chi connectivity index (χ2v) is 11.0. The lowest BCUT2D eigenvalue weighted by Gasteiger charge is -2.33. The Bertz CT molecular complexity index is 1200. The number of nitrogens with one attached hydrogen (secondary N) is 1. The molecule has 0 spiro atoms. The van der Waals surface area contributed by atoms with E-state index < -0.39 is 11.6 Å². The molecule has 2 amide bonds. The van der Waals surface area contributed by atoms with Gasteiger partial charge in [-0.25, -0.2) is 4.39 Å². The van der Waals surface area contributed by atoms with E-state index in [2.05, 4.69) is 21.2 Å². The fourth-order valence-electron chi connectivity index (χ4n) is 4.01. The number of benzene rings is 3. The van der Waals surface area contributed by atoms with Gasteiger partial charge in [0.1, 0.15) is 17.6 Å². The van der Waals surface area contributed by atoms with Crippen molar-refractivity contribution in [3.63, 3.8) is 0 Å². The summed E-state index contributed by atoms with van der Waals surface area (Å²) in [7, 11) is 0. The molecule has 1 atom stereocenters. The Balaban J connectivity index is 1.94. The van der Waals surface area contributed by atoms with Gasteiger partial charge in [0.15, 0.2) is 6.61 Å². The maximum absolute atomic E-state index is 13.7. The smallest absolute Gasteiger partial charge is 0.261 e. The fraction of sp³-hybridized carbons (Fsp3) is 0.333. The third-order valence-electron chi connectivity index (χ3n) is 5.81. The van der Waals surface area contributed by atoms with Gasteiger partial charge in [-0.15, -0.1) is 0 Å². The van der Waals surface area contributed by atoms with E-state index in [1.165, 1.54) is 17.0 Å². The van der Waals surface area contributed by atoms with Gasteiger partial charge in [0.05, 0.1) is 0 Å². The van der Waals surface area contributed by atoms with Crippen LogP contribution in [0.1, 0.15) is 43.0 Å². The first-order chi connectivity index (χ1) is 17.4. The van der Waals surface area contributed by atoms with Crippen molar-refractivity contribution in [2.45, 2.75) is 59.2 Å². The van der Waals surface area contributed by atoms with Crippen LogP contribution in [0.25, 0.3) is 0 Å². The SMILES string of the molecule is Cc1cc(OCC(=O)N(Cc2ccc(F)cc2)[C@H](Cc2ccccc2)C(=O)NC(C)(C)C)cc(C)c1Br. The van der Waals surface area contributed by atoms with Crippen LogP contribution in [-0.2, 0) is 22.6 Å². The zero-order valence-electron chi connectivity index (χ0n) is 22.0. The summed E-state index contributed by atoms with van der Waals surface area (Å²) in [6, 6.07) is 18.5. The summed E-state index contributed by atoms with van der Waals surface area (Å²) in [5, 5.41) is 3.03. The number of nitrogens with zero attached hydrogens (tertiary/aromatic N) is 1. The minimum Gasteiger partial charge on any atom is -0.484 e. The monoisotopic (exact) mass is 568 g/mol. The molecular weight excluding hydrogens is 535 g/mol. The van der Waals surface area contributed by atoms with E-state index >= 15 is 0 Å². The number of hydrogen-bond acceptors (Lipinski definition) is 3. The van der Waals surface area contributed by atoms with E-state index in [1.54, 1.807) is 12.1 Å². The van der Waals surface area contributed by atoms with Gasteiger partial charge in [0.2, 0.25) is 5.91 Å². The molecule has 0 aliphatic carbocycles. The molecule has 0 heterocycles. The highest BCUT2D eigenvalue weighted by Crippen LogP contribution is 2.26. The van der Waals surface area contributed by atoms with Crippen molar-refractivity contribution in [2.75, 3.05) is 6.61 Å². The van der Waals surface area contributed by atoms with E-state index in [1.807, 2.05) is 77.1 Å². The Hall–Kier alpha value is -3.19. The Labute approximate surface area is 227 Å². The summed E-state index contributed by atoms with van der Waals surface area (Å²) >= 11 is 3.55. The minimum atomic E-state index is -0.795. The van der Waals surface area contributed by atoms with Gasteiger partial charge in [-0.3, -0.25) is 9.59 Å². The lowest BCUT2D eigenvalue weighted by Crippen LogP contribution is -2.55. The van der Waals surface area contributed by atoms with Gasteiger partial charge >= 0.3 is 0 Å². The summed E-state index contributed by atoms with van der Waals surface area (Å²) in [4.78, 5) is 28.7. The number of rotatable bonds is 9. The molecule has 7 heteroatoms. The Kier molecular flexibility index (Phi) is 9.49. The molecular formula is C30H34BrFN2O3. The first-order valence-corrected chi connectivity index (χ1v) is 13.0. The van der Waals surface area contributed by atoms with Gasteiger partial charge < -0.3 is 15.0 Å². The van der Waals surface area contributed by atoms with Crippen molar-refractivity contribution >= 4 is 27.7 Å². The van der Waals surface area contributed by atoms with E-state index in [0.29, 0.717) is 17.7 Å². The molecule has 196 valence electrons. The summed E-state index contributed by atoms with van der Waals surface area (Å²) in [6.07, 6.45) is 0.326. The van der Waals surface area contributed by atoms with Crippen LogP contribution < -0.4 is 10.1 Å². The van der Waals surface area contributed by atoms with Crippen molar-refractivity contribution in [3.05, 3.63) is 99.3 Å². The van der Waals surface area contributed by atoms with Crippen LogP contribution in [-0.4, -0.2) is 34.9 Å². The van der Waals surface area contributed by atoms with Crippen molar-refractivity contribution in [3.8, 4) is 5.75 Å². The van der Waals surface area contributed by atoms with Crippen molar-refractivity contribution in [1.29, 1.82) is 0 Å². The molecule has 0 bridgehead atoms. The number of carbonyl (C=O) groups is 2. The highest BCUT2D eigenvalue weighted by atomic mass is 79.9. The second-order valence-electron chi connectivity index (χ2n) is 10.3. The van der Waals surface area contributed by atoms with E-state index in [0.717, 1.165) is 21.2 Å². The van der Waals surface area contributed by atoms with E-state index in [9.17, 15) is 14.0 Å². The third kappa shape index (κ3) is 8.42. The van der Waals surface area contributed by atoms with Crippen LogP contribution >= 0.6 is 15.9 Å². The van der Waals surface area contributed by atoms with Crippen LogP contribution in [0.5, 0.6) is 5.75 Å². The standard InChI is InChI=1S/C30H34BrFN2O3/c1-20-15-25(16-21(2)28(20)31)37-19-27(35)34(18-23-11-13-24(32)14-12-23)26(29(36)33-30(3,4)5)17-22-9-7-6-8-10-22/h6-16,26H,17-19H2,1-5H3,(H,33,36)/t26-/m1/s1. The Morgan fingerprint density at radius 1 is 0.973 bits per heavy atom. The molecule has 0 aromatic heterocycles. The van der Waals surface area contributed by atoms with Gasteiger partial charge in [0.25, 0.3) is 5.91 Å². The normalized spacial score (nSPS) is 12.1. The predicted octanol–water partition coefficient (Wildman–Crippen LogP) is 6.14. The summed E-state index contributed by atoms with van der Waals surface area (Å²) in [5.74, 6) is -0.390. The first kappa shape index (κ1) is 28.4. The fourth-order valence-corrected chi connectivity index (χ4v) is 4.24. The number of halogens is 2. The topological polar surface area (TPSA) is 58.6 Å². The summed E-state index contributed by atoms with van der Waals surface area (Å²) < 4.78 is 20.5. The van der Waals surface area contributed by atoms with Gasteiger partial charge in [0, 0.05) is 23.0 Å². The number of carbonyl (C=O) groups excluding carboxylic acids is 2. The van der Waals surface area contributed by atoms with E-state index in [4.69, 9.17) is 4.74 Å². The van der Waals surface area contributed by atoms with Crippen LogP contribution in [0.4, 0.5) is 4.39 Å². The number of amides is 2. The number of aryl methyl sites for hydroxylation is 2. The number of ether oxygens (including phenoxy) is 1. The molecule has 0 unspecified atom stereocenters. The molecule has 3 aromatic carbocycles. The molecule has 37 heavy (non-hydrogen) atoms. The summed E-state index contributed by atoms with van der Waals surface area (Å²) in [5.41, 5.74) is 3.15. The predicted molar refractivity (Wildman–Crippen MR) is 148 cm³/mol. The molecule has 0 saturated carbocycles. The lowest BCUT2D eigenvalue weighted by molar-refractivity contribution is -0.143. The minimum absolute atomic E-state index is 0.135. The van der Waals surface area contributed by atoms with Crippen LogP contribution in [0.2, 0.25) is 0 Å². The maximum atomic E-state index is 13.7. The zero-order chi connectivity index (χ0) is 27.2. The highest BCUT2D eigenvalue weighted by Gasteiger charge is 2.32. The van der Waals surface area contributed by atoms with Gasteiger partial charge in [-0.05, 0) is 81.1 Å². The molecule has 3 rings (SSSR count). The third-order valence-corrected chi connectivity index (χ3v) is 7.06. The molecule has 1 N–H and O–H groups in total. The average Bonchev–Trinajstić information content (AvgIpc) is 2.83. The lowest BCUT2D eigenvalue weighted by atomic mass is 10.0. The molecule has 0 radical (unpaired) electrons. The Morgan fingerprint density at radius 2 is 1.57 bits per heavy atom. The molecule has 0 aliphatic heterocycles. The largest absolute Gasteiger partial charge is 0.484 e. The quantitative estimate of drug-likeness (QED) is 0.337. The van der Waals surface area contributed by atoms with Crippen molar-refractivity contribution in [1.82, 2.24) is 10.2 Å². The van der Waals surface area contributed by atoms with Crippen LogP contribution in [0.3, 0.4) is 0 Å². The van der Waals surface area contributed by atoms with Gasteiger partial charge in [-0.1, -0.05) is 58.4 Å². The molecule has 0 fully saturated rings. The maximum Gasteiger partial charge on any atom is 0.261 e. The first-order valence-electron chi connectivity index (χ1n) is 12.2. The van der Waals surface area contributed by atoms with Crippen LogP contribution in [0.15, 0.2) is 71.2 Å². The van der Waals surface area contributed by atoms with Crippen molar-refractivity contribution in [2.24, 2.45) is 0 Å². The van der Waals surface area contributed by atoms with Gasteiger partial charge in [-0.2, -0.15) is 0 Å². The Morgan fingerprint density at radius 3 is 2.14 bits per heavy atom.